The summed E-state index contributed by atoms with van der Waals surface area (Å²) in [7, 11) is 0. The third-order valence-electron chi connectivity index (χ3n) is 3.65. The number of nitrogens with one attached hydrogen (secondary N) is 1. The zero-order chi connectivity index (χ0) is 13.4. The molecule has 0 atom stereocenters. The number of nitrogen functional groups attached to an aromatic ring is 1. The molecule has 1 aliphatic carbocycles. The number of pyridine rings is 1. The Morgan fingerprint density at radius 1 is 1.53 bits per heavy atom. The molecule has 0 aromatic carbocycles. The van der Waals surface area contributed by atoms with Crippen LogP contribution in [0.4, 0.5) is 5.69 Å². The molecule has 0 saturated heterocycles. The molecule has 0 radical (unpaired) electrons. The highest BCUT2D eigenvalue weighted by Gasteiger charge is 2.25. The quantitative estimate of drug-likeness (QED) is 0.772. The van der Waals surface area contributed by atoms with Crippen LogP contribution in [0.25, 0.3) is 0 Å². The molecule has 1 fully saturated rings. The van der Waals surface area contributed by atoms with Gasteiger partial charge in [-0.05, 0) is 31.6 Å². The van der Waals surface area contributed by atoms with Crippen LogP contribution in [-0.2, 0) is 17.8 Å². The maximum absolute atomic E-state index is 12.1. The summed E-state index contributed by atoms with van der Waals surface area (Å²) >= 11 is 0. The lowest BCUT2D eigenvalue weighted by Gasteiger charge is -2.12. The molecule has 6 nitrogen and oxygen atoms in total. The molecule has 3 rings (SSSR count). The van der Waals surface area contributed by atoms with Gasteiger partial charge in [0, 0.05) is 18.3 Å². The molecule has 0 spiro atoms. The minimum absolute atomic E-state index is 0.138. The van der Waals surface area contributed by atoms with Crippen molar-refractivity contribution in [3.63, 3.8) is 0 Å². The molecule has 6 heteroatoms. The van der Waals surface area contributed by atoms with Crippen LogP contribution in [0.3, 0.4) is 0 Å². The van der Waals surface area contributed by atoms with Crippen molar-refractivity contribution in [2.24, 2.45) is 5.92 Å². The van der Waals surface area contributed by atoms with Crippen LogP contribution < -0.4 is 16.8 Å². The van der Waals surface area contributed by atoms with E-state index in [0.717, 1.165) is 25.0 Å². The summed E-state index contributed by atoms with van der Waals surface area (Å²) in [6.45, 7) is 1.19. The van der Waals surface area contributed by atoms with Crippen LogP contribution in [0, 0.1) is 5.92 Å². The number of fused-ring (bicyclic) bond motifs is 1. The van der Waals surface area contributed by atoms with E-state index in [-0.39, 0.29) is 17.2 Å². The van der Waals surface area contributed by atoms with Gasteiger partial charge in [-0.3, -0.25) is 14.4 Å². The number of hydrogen-bond donors (Lipinski definition) is 2. The predicted molar refractivity (Wildman–Crippen MR) is 69.6 cm³/mol. The highest BCUT2D eigenvalue weighted by atomic mass is 16.7. The molecule has 102 valence electrons. The van der Waals surface area contributed by atoms with E-state index in [0.29, 0.717) is 31.1 Å². The molecule has 19 heavy (non-hydrogen) atoms. The van der Waals surface area contributed by atoms with Crippen molar-refractivity contribution < 1.29 is 9.63 Å². The molecule has 1 aromatic heterocycles. The summed E-state index contributed by atoms with van der Waals surface area (Å²) in [5.74, 6) is 0.213. The summed E-state index contributed by atoms with van der Waals surface area (Å²) in [4.78, 5) is 29.0. The van der Waals surface area contributed by atoms with Gasteiger partial charge >= 0.3 is 0 Å². The topological polar surface area (TPSA) is 86.4 Å². The van der Waals surface area contributed by atoms with Crippen molar-refractivity contribution >= 4 is 11.6 Å². The molecule has 1 aromatic rings. The number of hydrogen-bond acceptors (Lipinski definition) is 4. The highest BCUT2D eigenvalue weighted by molar-refractivity contribution is 5.99. The van der Waals surface area contributed by atoms with Gasteiger partial charge in [-0.25, -0.2) is 5.48 Å². The van der Waals surface area contributed by atoms with E-state index in [9.17, 15) is 9.59 Å². The molecule has 1 saturated carbocycles. The number of nitrogens with zero attached hydrogens (tertiary/aromatic N) is 1. The average Bonchev–Trinajstić information content (AvgIpc) is 3.04. The van der Waals surface area contributed by atoms with Crippen LogP contribution in [0.1, 0.15) is 35.3 Å². The molecular formula is C13H17N3O3. The minimum Gasteiger partial charge on any atom is -0.398 e. The molecule has 0 unspecified atom stereocenters. The fourth-order valence-corrected chi connectivity index (χ4v) is 2.45. The van der Waals surface area contributed by atoms with Crippen molar-refractivity contribution in [1.29, 1.82) is 0 Å². The van der Waals surface area contributed by atoms with Gasteiger partial charge in [0.25, 0.3) is 11.5 Å². The molecule has 2 aliphatic rings. The van der Waals surface area contributed by atoms with Crippen molar-refractivity contribution in [1.82, 2.24) is 10.0 Å². The number of aromatic nitrogens is 1. The standard InChI is InChI=1S/C13H17N3O3/c14-9-6-11(17)16-5-1-2-10(16)12(9)13(18)15-19-7-8-3-4-8/h6,8H,1-5,7,14H2,(H,15,18). The molecule has 1 amide bonds. The number of carbonyl (C=O) groups is 1. The van der Waals surface area contributed by atoms with E-state index in [1.807, 2.05) is 0 Å². The number of carbonyl (C=O) groups excluding carboxylic acids is 1. The number of nitrogens with two attached hydrogens (primary N) is 1. The summed E-state index contributed by atoms with van der Waals surface area (Å²) in [5, 5.41) is 0. The summed E-state index contributed by atoms with van der Waals surface area (Å²) in [6, 6.07) is 1.31. The summed E-state index contributed by atoms with van der Waals surface area (Å²) in [5.41, 5.74) is 9.43. The number of anilines is 1. The Hall–Kier alpha value is -1.82. The van der Waals surface area contributed by atoms with E-state index in [1.165, 1.54) is 6.07 Å². The Morgan fingerprint density at radius 2 is 2.32 bits per heavy atom. The Bertz CT molecular complexity index is 575. The van der Waals surface area contributed by atoms with Gasteiger partial charge in [0.15, 0.2) is 0 Å². The lowest BCUT2D eigenvalue weighted by Crippen LogP contribution is -2.30. The second kappa shape index (κ2) is 4.70. The molecule has 3 N–H and O–H groups in total. The fourth-order valence-electron chi connectivity index (χ4n) is 2.45. The van der Waals surface area contributed by atoms with Gasteiger partial charge in [0.05, 0.1) is 17.9 Å². The van der Waals surface area contributed by atoms with Gasteiger partial charge in [0.2, 0.25) is 0 Å². The van der Waals surface area contributed by atoms with Gasteiger partial charge in [-0.15, -0.1) is 0 Å². The van der Waals surface area contributed by atoms with Crippen LogP contribution in [0.15, 0.2) is 10.9 Å². The molecular weight excluding hydrogens is 246 g/mol. The lowest BCUT2D eigenvalue weighted by atomic mass is 10.1. The van der Waals surface area contributed by atoms with E-state index in [2.05, 4.69) is 5.48 Å². The maximum atomic E-state index is 12.1. The normalized spacial score (nSPS) is 17.3. The van der Waals surface area contributed by atoms with Crippen molar-refractivity contribution in [2.45, 2.75) is 32.2 Å². The largest absolute Gasteiger partial charge is 0.398 e. The third kappa shape index (κ3) is 2.35. The second-order valence-corrected chi connectivity index (χ2v) is 5.20. The van der Waals surface area contributed by atoms with Crippen molar-refractivity contribution in [3.8, 4) is 0 Å². The fraction of sp³-hybridized carbons (Fsp3) is 0.538. The SMILES string of the molecule is Nc1cc(=O)n2c(c1C(=O)NOCC1CC1)CCC2. The monoisotopic (exact) mass is 263 g/mol. The predicted octanol–water partition coefficient (Wildman–Crippen LogP) is 0.448. The number of amides is 1. The highest BCUT2D eigenvalue weighted by Crippen LogP contribution is 2.28. The summed E-state index contributed by atoms with van der Waals surface area (Å²) < 4.78 is 1.62. The third-order valence-corrected chi connectivity index (χ3v) is 3.65. The molecule has 0 bridgehead atoms. The Balaban J connectivity index is 1.81. The minimum atomic E-state index is -0.358. The first-order valence-electron chi connectivity index (χ1n) is 6.61. The number of rotatable bonds is 4. The lowest BCUT2D eigenvalue weighted by molar-refractivity contribution is 0.0270. The van der Waals surface area contributed by atoms with Gasteiger partial charge in [0.1, 0.15) is 0 Å². The van der Waals surface area contributed by atoms with Crippen molar-refractivity contribution in [3.05, 3.63) is 27.7 Å². The van der Waals surface area contributed by atoms with E-state index >= 15 is 0 Å². The van der Waals surface area contributed by atoms with Crippen LogP contribution >= 0.6 is 0 Å². The van der Waals surface area contributed by atoms with Crippen molar-refractivity contribution in [2.75, 3.05) is 12.3 Å². The van der Waals surface area contributed by atoms with Gasteiger partial charge < -0.3 is 10.3 Å². The Kier molecular flexibility index (Phi) is 3.02. The number of hydroxylamine groups is 1. The smallest absolute Gasteiger partial charge is 0.278 e. The van der Waals surface area contributed by atoms with E-state index in [4.69, 9.17) is 10.6 Å². The van der Waals surface area contributed by atoms with Crippen LogP contribution in [0.2, 0.25) is 0 Å². The zero-order valence-electron chi connectivity index (χ0n) is 10.6. The summed E-state index contributed by atoms with van der Waals surface area (Å²) in [6.07, 6.45) is 3.88. The zero-order valence-corrected chi connectivity index (χ0v) is 10.6. The Labute approximate surface area is 110 Å². The average molecular weight is 263 g/mol. The maximum Gasteiger partial charge on any atom is 0.278 e. The van der Waals surface area contributed by atoms with Crippen LogP contribution in [-0.4, -0.2) is 17.1 Å². The second-order valence-electron chi connectivity index (χ2n) is 5.20. The van der Waals surface area contributed by atoms with Crippen LogP contribution in [0.5, 0.6) is 0 Å². The van der Waals surface area contributed by atoms with E-state index in [1.54, 1.807) is 4.57 Å². The van der Waals surface area contributed by atoms with Gasteiger partial charge in [-0.2, -0.15) is 0 Å². The first-order chi connectivity index (χ1) is 9.16. The van der Waals surface area contributed by atoms with E-state index < -0.39 is 0 Å². The molecule has 1 aliphatic heterocycles. The molecule has 2 heterocycles. The first-order valence-corrected chi connectivity index (χ1v) is 6.61. The first kappa shape index (κ1) is 12.2. The Morgan fingerprint density at radius 3 is 3.05 bits per heavy atom. The van der Waals surface area contributed by atoms with Gasteiger partial charge in [-0.1, -0.05) is 0 Å².